The first kappa shape index (κ1) is 24.7. The first-order chi connectivity index (χ1) is 17.9. The maximum absolute atomic E-state index is 12.0. The Hall–Kier alpha value is -4.02. The molecule has 1 aliphatic heterocycles. The molecule has 4 aromatic rings. The van der Waals surface area contributed by atoms with E-state index < -0.39 is 17.5 Å². The van der Waals surface area contributed by atoms with E-state index in [1.54, 1.807) is 11.0 Å². The highest BCUT2D eigenvalue weighted by molar-refractivity contribution is 6.28. The summed E-state index contributed by atoms with van der Waals surface area (Å²) in [5, 5.41) is 14.5. The van der Waals surface area contributed by atoms with Crippen LogP contribution < -0.4 is 0 Å². The van der Waals surface area contributed by atoms with Crippen LogP contribution in [0, 0.1) is 0 Å². The molecule has 5 rings (SSSR count). The fourth-order valence-electron chi connectivity index (χ4n) is 5.07. The quantitative estimate of drug-likeness (QED) is 0.250. The highest BCUT2D eigenvalue weighted by Gasteiger charge is 2.48. The molecule has 3 heterocycles. The van der Waals surface area contributed by atoms with Crippen molar-refractivity contribution in [1.82, 2.24) is 29.5 Å². The molecule has 0 radical (unpaired) electrons. The Morgan fingerprint density at radius 2 is 1.95 bits per heavy atom. The number of aromatic nitrogens is 4. The molecular weight excluding hydrogens is 472 g/mol. The number of carbonyl (C=O) groups excluding carboxylic acids is 1. The zero-order chi connectivity index (χ0) is 25.8. The molecule has 2 aromatic carbocycles. The van der Waals surface area contributed by atoms with Gasteiger partial charge in [0.05, 0.1) is 6.54 Å². The second-order valence-electron chi connectivity index (χ2n) is 9.78. The standard InChI is InChI=1S/C27H30N6O4/c1-31(10-9-22-12-29-24-8-7-21(11-23(22)24)14-33-19-28-18-30-33)15-27(37-26(36)25(34)35)16-32(17-27)13-20-5-3-2-4-6-20/h2-8,11-12,18-19,29H,9-10,13-17H2,1H3,(H,34,35). The van der Waals surface area contributed by atoms with E-state index >= 15 is 0 Å². The van der Waals surface area contributed by atoms with Gasteiger partial charge in [0.1, 0.15) is 12.7 Å². The number of carbonyl (C=O) groups is 2. The number of carboxylic acids is 1. The number of fused-ring (bicyclic) bond motifs is 1. The predicted molar refractivity (Wildman–Crippen MR) is 137 cm³/mol. The number of hydrogen-bond donors (Lipinski definition) is 2. The number of carboxylic acid groups (broad SMARTS) is 1. The second kappa shape index (κ2) is 10.5. The van der Waals surface area contributed by atoms with Crippen LogP contribution in [0.15, 0.2) is 67.4 Å². The monoisotopic (exact) mass is 502 g/mol. The fraction of sp³-hybridized carbons (Fsp3) is 0.333. The lowest BCUT2D eigenvalue weighted by atomic mass is 9.92. The number of likely N-dealkylation sites (tertiary alicyclic amines) is 1. The highest BCUT2D eigenvalue weighted by Crippen LogP contribution is 2.29. The van der Waals surface area contributed by atoms with Gasteiger partial charge in [-0.1, -0.05) is 36.4 Å². The number of H-pyrrole nitrogens is 1. The summed E-state index contributed by atoms with van der Waals surface area (Å²) < 4.78 is 7.30. The van der Waals surface area contributed by atoms with Gasteiger partial charge in [-0.2, -0.15) is 5.10 Å². The van der Waals surface area contributed by atoms with E-state index in [1.807, 2.05) is 43.6 Å². The van der Waals surface area contributed by atoms with Crippen LogP contribution >= 0.6 is 0 Å². The van der Waals surface area contributed by atoms with Gasteiger partial charge in [0, 0.05) is 49.8 Å². The Kier molecular flexibility index (Phi) is 7.02. The Morgan fingerprint density at radius 1 is 1.14 bits per heavy atom. The topological polar surface area (TPSA) is 117 Å². The molecule has 0 amide bonds. The molecule has 10 heteroatoms. The van der Waals surface area contributed by atoms with E-state index in [0.29, 0.717) is 26.2 Å². The average Bonchev–Trinajstić information content (AvgIpc) is 3.52. The van der Waals surface area contributed by atoms with Crippen LogP contribution in [0.1, 0.15) is 16.7 Å². The normalized spacial score (nSPS) is 15.1. The smallest absolute Gasteiger partial charge is 0.417 e. The van der Waals surface area contributed by atoms with Crippen LogP contribution in [-0.4, -0.2) is 85.4 Å². The van der Waals surface area contributed by atoms with Crippen molar-refractivity contribution in [3.63, 3.8) is 0 Å². The van der Waals surface area contributed by atoms with Crippen LogP contribution in [-0.2, 0) is 33.8 Å². The molecule has 10 nitrogen and oxygen atoms in total. The van der Waals surface area contributed by atoms with Crippen molar-refractivity contribution in [3.05, 3.63) is 84.1 Å². The lowest BCUT2D eigenvalue weighted by Crippen LogP contribution is -2.67. The third-order valence-electron chi connectivity index (χ3n) is 6.72. The Morgan fingerprint density at radius 3 is 2.68 bits per heavy atom. The molecule has 0 atom stereocenters. The van der Waals surface area contributed by atoms with Crippen molar-refractivity contribution in [3.8, 4) is 0 Å². The van der Waals surface area contributed by atoms with Gasteiger partial charge >= 0.3 is 11.9 Å². The fourth-order valence-corrected chi connectivity index (χ4v) is 5.07. The first-order valence-corrected chi connectivity index (χ1v) is 12.2. The van der Waals surface area contributed by atoms with E-state index in [0.717, 1.165) is 41.5 Å². The molecule has 192 valence electrons. The summed E-state index contributed by atoms with van der Waals surface area (Å²) in [6, 6.07) is 16.4. The second-order valence-corrected chi connectivity index (χ2v) is 9.78. The number of ether oxygens (including phenoxy) is 1. The Bertz CT molecular complexity index is 1360. The van der Waals surface area contributed by atoms with E-state index in [-0.39, 0.29) is 0 Å². The Labute approximate surface area is 214 Å². The van der Waals surface area contributed by atoms with Crippen LogP contribution in [0.2, 0.25) is 0 Å². The first-order valence-electron chi connectivity index (χ1n) is 12.2. The van der Waals surface area contributed by atoms with Crippen LogP contribution in [0.4, 0.5) is 0 Å². The number of nitrogens with zero attached hydrogens (tertiary/aromatic N) is 5. The minimum Gasteiger partial charge on any atom is -0.473 e. The van der Waals surface area contributed by atoms with Gasteiger partial charge in [-0.15, -0.1) is 0 Å². The molecule has 0 saturated carbocycles. The van der Waals surface area contributed by atoms with E-state index in [2.05, 4.69) is 43.1 Å². The summed E-state index contributed by atoms with van der Waals surface area (Å²) in [6.45, 7) is 3.54. The van der Waals surface area contributed by atoms with E-state index in [4.69, 9.17) is 9.84 Å². The van der Waals surface area contributed by atoms with Crippen LogP contribution in [0.5, 0.6) is 0 Å². The molecule has 2 N–H and O–H groups in total. The maximum Gasteiger partial charge on any atom is 0.417 e. The third kappa shape index (κ3) is 5.87. The zero-order valence-electron chi connectivity index (χ0n) is 20.7. The largest absolute Gasteiger partial charge is 0.473 e. The molecule has 1 saturated heterocycles. The van der Waals surface area contributed by atoms with Gasteiger partial charge in [0.15, 0.2) is 5.60 Å². The number of aliphatic carboxylic acids is 1. The molecule has 37 heavy (non-hydrogen) atoms. The van der Waals surface area contributed by atoms with Gasteiger partial charge < -0.3 is 19.7 Å². The van der Waals surface area contributed by atoms with Crippen molar-refractivity contribution < 1.29 is 19.4 Å². The third-order valence-corrected chi connectivity index (χ3v) is 6.72. The van der Waals surface area contributed by atoms with Crippen LogP contribution in [0.25, 0.3) is 10.9 Å². The Balaban J connectivity index is 1.22. The summed E-state index contributed by atoms with van der Waals surface area (Å²) in [5.74, 6) is -2.77. The lowest BCUT2D eigenvalue weighted by Gasteiger charge is -2.50. The SMILES string of the molecule is CN(CCc1c[nH]c2ccc(Cn3cncn3)cc12)CC1(OC(=O)C(=O)O)CN(Cc2ccccc2)C1. The summed E-state index contributed by atoms with van der Waals surface area (Å²) in [5.41, 5.74) is 3.72. The van der Waals surface area contributed by atoms with Crippen molar-refractivity contribution in [2.45, 2.75) is 25.1 Å². The summed E-state index contributed by atoms with van der Waals surface area (Å²) in [4.78, 5) is 34.8. The van der Waals surface area contributed by atoms with E-state index in [1.165, 1.54) is 11.9 Å². The maximum atomic E-state index is 12.0. The molecule has 0 bridgehead atoms. The molecule has 0 aliphatic carbocycles. The average molecular weight is 503 g/mol. The summed E-state index contributed by atoms with van der Waals surface area (Å²) in [7, 11) is 1.97. The number of aromatic amines is 1. The van der Waals surface area contributed by atoms with Gasteiger partial charge in [-0.3, -0.25) is 4.90 Å². The molecule has 1 aliphatic rings. The molecular formula is C27H30N6O4. The minimum absolute atomic E-state index is 0.456. The molecule has 1 fully saturated rings. The lowest BCUT2D eigenvalue weighted by molar-refractivity contribution is -0.192. The van der Waals surface area contributed by atoms with Gasteiger partial charge in [0.25, 0.3) is 0 Å². The number of likely N-dealkylation sites (N-methyl/N-ethyl adjacent to an activating group) is 1. The molecule has 2 aromatic heterocycles. The molecule has 0 unspecified atom stereocenters. The zero-order valence-corrected chi connectivity index (χ0v) is 20.7. The molecule has 0 spiro atoms. The predicted octanol–water partition coefficient (Wildman–Crippen LogP) is 2.16. The number of hydrogen-bond acceptors (Lipinski definition) is 7. The van der Waals surface area contributed by atoms with Gasteiger partial charge in [-0.25, -0.2) is 19.3 Å². The van der Waals surface area contributed by atoms with Crippen molar-refractivity contribution in [2.75, 3.05) is 33.2 Å². The van der Waals surface area contributed by atoms with Crippen LogP contribution in [0.3, 0.4) is 0 Å². The number of benzene rings is 2. The minimum atomic E-state index is -1.57. The van der Waals surface area contributed by atoms with Crippen molar-refractivity contribution >= 4 is 22.8 Å². The van der Waals surface area contributed by atoms with Crippen molar-refractivity contribution in [2.24, 2.45) is 0 Å². The van der Waals surface area contributed by atoms with Gasteiger partial charge in [-0.05, 0) is 42.3 Å². The van der Waals surface area contributed by atoms with E-state index in [9.17, 15) is 9.59 Å². The number of nitrogens with one attached hydrogen (secondary N) is 1. The van der Waals surface area contributed by atoms with Gasteiger partial charge in [0.2, 0.25) is 0 Å². The van der Waals surface area contributed by atoms with Crippen molar-refractivity contribution in [1.29, 1.82) is 0 Å². The summed E-state index contributed by atoms with van der Waals surface area (Å²) >= 11 is 0. The highest BCUT2D eigenvalue weighted by atomic mass is 16.6. The number of esters is 1. The summed E-state index contributed by atoms with van der Waals surface area (Å²) in [6.07, 6.45) is 6.05. The number of rotatable bonds is 10.